The molecule has 1 aromatic heterocycles. The Bertz CT molecular complexity index is 570. The van der Waals surface area contributed by atoms with Crippen LogP contribution in [-0.4, -0.2) is 4.98 Å². The highest BCUT2D eigenvalue weighted by Gasteiger charge is 2.11. The van der Waals surface area contributed by atoms with Crippen LogP contribution in [0.3, 0.4) is 0 Å². The molecule has 0 fully saturated rings. The smallest absolute Gasteiger partial charge is 0.0639 e. The molecule has 0 bridgehead atoms. The first-order chi connectivity index (χ1) is 9.09. The van der Waals surface area contributed by atoms with Crippen LogP contribution in [0.25, 0.3) is 0 Å². The zero-order valence-corrected chi connectivity index (χ0v) is 12.5. The Hall–Kier alpha value is -1.09. The first kappa shape index (κ1) is 14.3. The van der Waals surface area contributed by atoms with Crippen molar-refractivity contribution >= 4 is 23.2 Å². The van der Waals surface area contributed by atoms with Gasteiger partial charge >= 0.3 is 0 Å². The quantitative estimate of drug-likeness (QED) is 0.895. The van der Waals surface area contributed by atoms with Crippen molar-refractivity contribution in [2.45, 2.75) is 26.4 Å². The maximum Gasteiger partial charge on any atom is 0.0639 e. The fourth-order valence-electron chi connectivity index (χ4n) is 1.91. The van der Waals surface area contributed by atoms with E-state index in [1.807, 2.05) is 24.4 Å². The number of aromatic nitrogens is 1. The number of aryl methyl sites for hydroxylation is 1. The topological polar surface area (TPSA) is 24.9 Å². The van der Waals surface area contributed by atoms with E-state index in [1.54, 1.807) is 12.3 Å². The van der Waals surface area contributed by atoms with E-state index in [1.165, 1.54) is 11.1 Å². The van der Waals surface area contributed by atoms with Gasteiger partial charge in [0.25, 0.3) is 0 Å². The van der Waals surface area contributed by atoms with Crippen LogP contribution < -0.4 is 5.32 Å². The van der Waals surface area contributed by atoms with Crippen molar-refractivity contribution in [3.8, 4) is 0 Å². The first-order valence-electron chi connectivity index (χ1n) is 6.16. The average molecular weight is 295 g/mol. The largest absolute Gasteiger partial charge is 0.306 e. The minimum absolute atomic E-state index is 0.130. The van der Waals surface area contributed by atoms with Crippen molar-refractivity contribution < 1.29 is 0 Å². The third-order valence-electron chi connectivity index (χ3n) is 3.19. The lowest BCUT2D eigenvalue weighted by Crippen LogP contribution is -2.19. The molecule has 1 aromatic carbocycles. The Labute approximate surface area is 123 Å². The molecule has 2 nitrogen and oxygen atoms in total. The van der Waals surface area contributed by atoms with E-state index in [9.17, 15) is 0 Å². The monoisotopic (exact) mass is 294 g/mol. The van der Waals surface area contributed by atoms with E-state index >= 15 is 0 Å². The Morgan fingerprint density at radius 2 is 2.05 bits per heavy atom. The second-order valence-corrected chi connectivity index (χ2v) is 5.33. The lowest BCUT2D eigenvalue weighted by atomic mass is 10.1. The number of pyridine rings is 1. The van der Waals surface area contributed by atoms with Gasteiger partial charge in [0, 0.05) is 25.0 Å². The summed E-state index contributed by atoms with van der Waals surface area (Å²) in [4.78, 5) is 4.14. The molecule has 0 aliphatic carbocycles. The van der Waals surface area contributed by atoms with Crippen molar-refractivity contribution in [3.63, 3.8) is 0 Å². The van der Waals surface area contributed by atoms with Crippen LogP contribution in [0.15, 0.2) is 36.7 Å². The Morgan fingerprint density at radius 3 is 2.79 bits per heavy atom. The van der Waals surface area contributed by atoms with Crippen molar-refractivity contribution in [1.82, 2.24) is 10.3 Å². The number of halogens is 2. The number of hydrogen-bond donors (Lipinski definition) is 1. The molecule has 1 N–H and O–H groups in total. The summed E-state index contributed by atoms with van der Waals surface area (Å²) in [5, 5.41) is 4.65. The van der Waals surface area contributed by atoms with Gasteiger partial charge in [-0.1, -0.05) is 35.3 Å². The van der Waals surface area contributed by atoms with E-state index in [-0.39, 0.29) is 6.04 Å². The molecule has 2 aromatic rings. The van der Waals surface area contributed by atoms with Gasteiger partial charge < -0.3 is 5.32 Å². The highest BCUT2D eigenvalue weighted by atomic mass is 35.5. The molecule has 100 valence electrons. The third-order valence-corrected chi connectivity index (χ3v) is 4.03. The summed E-state index contributed by atoms with van der Waals surface area (Å²) in [6.45, 7) is 4.91. The summed E-state index contributed by atoms with van der Waals surface area (Å²) >= 11 is 12.2. The van der Waals surface area contributed by atoms with Crippen molar-refractivity contribution in [2.75, 3.05) is 0 Å². The van der Waals surface area contributed by atoms with Crippen LogP contribution in [0.2, 0.25) is 10.0 Å². The van der Waals surface area contributed by atoms with E-state index in [0.717, 1.165) is 12.1 Å². The van der Waals surface area contributed by atoms with Gasteiger partial charge in [-0.05, 0) is 42.7 Å². The van der Waals surface area contributed by atoms with Crippen molar-refractivity contribution in [2.24, 2.45) is 0 Å². The molecule has 0 aliphatic rings. The number of nitrogens with zero attached hydrogens (tertiary/aromatic N) is 1. The van der Waals surface area contributed by atoms with Crippen LogP contribution >= 0.6 is 23.2 Å². The highest BCUT2D eigenvalue weighted by Crippen LogP contribution is 2.29. The van der Waals surface area contributed by atoms with Crippen LogP contribution in [-0.2, 0) is 6.54 Å². The zero-order valence-electron chi connectivity index (χ0n) is 11.0. The molecule has 0 radical (unpaired) electrons. The van der Waals surface area contributed by atoms with Gasteiger partial charge in [0.15, 0.2) is 0 Å². The summed E-state index contributed by atoms with van der Waals surface area (Å²) in [5.74, 6) is 0. The van der Waals surface area contributed by atoms with Crippen molar-refractivity contribution in [1.29, 1.82) is 0 Å². The summed E-state index contributed by atoms with van der Waals surface area (Å²) < 4.78 is 0. The Balaban J connectivity index is 2.08. The Morgan fingerprint density at radius 1 is 1.26 bits per heavy atom. The standard InChI is InChI=1S/C15H16Cl2N2/c1-10-6-7-18-8-12(10)9-19-11(2)13-4-3-5-14(16)15(13)17/h3-8,11,19H,9H2,1-2H3. The number of nitrogens with one attached hydrogen (secondary N) is 1. The van der Waals surface area contributed by atoms with Crippen LogP contribution in [0.1, 0.15) is 29.7 Å². The van der Waals surface area contributed by atoms with Crippen LogP contribution in [0, 0.1) is 6.92 Å². The van der Waals surface area contributed by atoms with Gasteiger partial charge in [-0.3, -0.25) is 4.98 Å². The minimum atomic E-state index is 0.130. The summed E-state index contributed by atoms with van der Waals surface area (Å²) in [6.07, 6.45) is 3.69. The SMILES string of the molecule is Cc1ccncc1CNC(C)c1cccc(Cl)c1Cl. The van der Waals surface area contributed by atoms with E-state index in [0.29, 0.717) is 10.0 Å². The molecule has 0 saturated carbocycles. The lowest BCUT2D eigenvalue weighted by molar-refractivity contribution is 0.572. The first-order valence-corrected chi connectivity index (χ1v) is 6.92. The molecule has 4 heteroatoms. The average Bonchev–Trinajstić information content (AvgIpc) is 2.40. The van der Waals surface area contributed by atoms with Crippen molar-refractivity contribution in [3.05, 3.63) is 63.4 Å². The fraction of sp³-hybridized carbons (Fsp3) is 0.267. The third kappa shape index (κ3) is 3.47. The molecule has 1 atom stereocenters. The highest BCUT2D eigenvalue weighted by molar-refractivity contribution is 6.42. The molecule has 1 heterocycles. The van der Waals surface area contributed by atoms with Gasteiger partial charge in [-0.15, -0.1) is 0 Å². The molecule has 0 aliphatic heterocycles. The van der Waals surface area contributed by atoms with Crippen LogP contribution in [0.4, 0.5) is 0 Å². The predicted octanol–water partition coefficient (Wildman–Crippen LogP) is 4.55. The molecule has 2 rings (SSSR count). The number of benzene rings is 1. The van der Waals surface area contributed by atoms with Gasteiger partial charge in [-0.25, -0.2) is 0 Å². The van der Waals surface area contributed by atoms with Crippen LogP contribution in [0.5, 0.6) is 0 Å². The lowest BCUT2D eigenvalue weighted by Gasteiger charge is -2.17. The van der Waals surface area contributed by atoms with Gasteiger partial charge in [0.1, 0.15) is 0 Å². The van der Waals surface area contributed by atoms with Gasteiger partial charge in [0.2, 0.25) is 0 Å². The summed E-state index contributed by atoms with van der Waals surface area (Å²) in [5.41, 5.74) is 3.43. The van der Waals surface area contributed by atoms with E-state index in [4.69, 9.17) is 23.2 Å². The summed E-state index contributed by atoms with van der Waals surface area (Å²) in [7, 11) is 0. The number of hydrogen-bond acceptors (Lipinski definition) is 2. The fourth-order valence-corrected chi connectivity index (χ4v) is 2.38. The minimum Gasteiger partial charge on any atom is -0.306 e. The molecule has 1 unspecified atom stereocenters. The predicted molar refractivity (Wildman–Crippen MR) is 80.7 cm³/mol. The van der Waals surface area contributed by atoms with E-state index in [2.05, 4.69) is 24.1 Å². The molecule has 0 saturated heterocycles. The molecule has 0 spiro atoms. The Kier molecular flexibility index (Phi) is 4.81. The molecular formula is C15H16Cl2N2. The maximum absolute atomic E-state index is 6.22. The molecule has 19 heavy (non-hydrogen) atoms. The second kappa shape index (κ2) is 6.38. The maximum atomic E-state index is 6.22. The second-order valence-electron chi connectivity index (χ2n) is 4.55. The van der Waals surface area contributed by atoms with E-state index < -0.39 is 0 Å². The van der Waals surface area contributed by atoms with Gasteiger partial charge in [0.05, 0.1) is 10.0 Å². The summed E-state index contributed by atoms with van der Waals surface area (Å²) in [6, 6.07) is 7.84. The van der Waals surface area contributed by atoms with Gasteiger partial charge in [-0.2, -0.15) is 0 Å². The zero-order chi connectivity index (χ0) is 13.8. The molecule has 0 amide bonds. The normalized spacial score (nSPS) is 12.4. The molecular weight excluding hydrogens is 279 g/mol. The number of rotatable bonds is 4.